The lowest BCUT2D eigenvalue weighted by molar-refractivity contribution is -0.155. The third kappa shape index (κ3) is 9.35. The van der Waals surface area contributed by atoms with Gasteiger partial charge in [-0.05, 0) is 27.7 Å². The largest absolute Gasteiger partial charge is 0.460 e. The zero-order valence-corrected chi connectivity index (χ0v) is 10.7. The summed E-state index contributed by atoms with van der Waals surface area (Å²) < 4.78 is 5.11. The topological polar surface area (TPSA) is 84.5 Å². The van der Waals surface area contributed by atoms with Gasteiger partial charge in [0.1, 0.15) is 5.60 Å². The molecule has 17 heavy (non-hydrogen) atoms. The molecule has 0 rings (SSSR count). The molecule has 6 nitrogen and oxygen atoms in total. The van der Waals surface area contributed by atoms with Crippen LogP contribution in [0.5, 0.6) is 0 Å². The number of hydrogen-bond acceptors (Lipinski definition) is 4. The predicted octanol–water partition coefficient (Wildman–Crippen LogP) is -0.0311. The lowest BCUT2D eigenvalue weighted by atomic mass is 10.2. The Morgan fingerprint density at radius 2 is 1.94 bits per heavy atom. The van der Waals surface area contributed by atoms with Crippen LogP contribution in [-0.4, -0.2) is 36.5 Å². The summed E-state index contributed by atoms with van der Waals surface area (Å²) in [7, 11) is 0. The normalized spacial score (nSPS) is 12.5. The fraction of sp³-hybridized carbons (Fsp3) is 0.727. The van der Waals surface area contributed by atoms with Crippen LogP contribution in [0.2, 0.25) is 0 Å². The van der Waals surface area contributed by atoms with Gasteiger partial charge in [0.25, 0.3) is 0 Å². The summed E-state index contributed by atoms with van der Waals surface area (Å²) in [5.41, 5.74) is -0.528. The molecule has 0 aromatic carbocycles. The predicted molar refractivity (Wildman–Crippen MR) is 62.1 cm³/mol. The molecule has 0 aliphatic rings. The highest BCUT2D eigenvalue weighted by Crippen LogP contribution is 2.09. The van der Waals surface area contributed by atoms with E-state index in [2.05, 4.69) is 10.6 Å². The Kier molecular flexibility index (Phi) is 6.23. The number of ether oxygens (including phenoxy) is 1. The van der Waals surface area contributed by atoms with Crippen molar-refractivity contribution in [2.75, 3.05) is 6.54 Å². The van der Waals surface area contributed by atoms with E-state index in [0.29, 0.717) is 6.41 Å². The molecule has 1 unspecified atom stereocenters. The summed E-state index contributed by atoms with van der Waals surface area (Å²) in [5.74, 6) is -0.707. The van der Waals surface area contributed by atoms with Crippen LogP contribution in [0.4, 0.5) is 0 Å². The SMILES string of the molecule is CC(CC(=O)OC(C)(C)C)NC(=O)CNC=O. The van der Waals surface area contributed by atoms with E-state index >= 15 is 0 Å². The second-order valence-corrected chi connectivity index (χ2v) is 4.76. The zero-order chi connectivity index (χ0) is 13.5. The maximum absolute atomic E-state index is 11.4. The molecule has 2 N–H and O–H groups in total. The van der Waals surface area contributed by atoms with E-state index in [1.165, 1.54) is 0 Å². The first kappa shape index (κ1) is 15.4. The Balaban J connectivity index is 3.93. The number of amides is 2. The Labute approximate surface area is 101 Å². The van der Waals surface area contributed by atoms with Gasteiger partial charge in [-0.25, -0.2) is 0 Å². The van der Waals surface area contributed by atoms with Crippen LogP contribution < -0.4 is 10.6 Å². The molecule has 0 radical (unpaired) electrons. The van der Waals surface area contributed by atoms with Crippen molar-refractivity contribution in [2.24, 2.45) is 0 Å². The summed E-state index contributed by atoms with van der Waals surface area (Å²) in [6.45, 7) is 6.94. The van der Waals surface area contributed by atoms with Gasteiger partial charge in [0.05, 0.1) is 13.0 Å². The number of esters is 1. The Morgan fingerprint density at radius 3 is 2.41 bits per heavy atom. The van der Waals surface area contributed by atoms with Gasteiger partial charge in [0.2, 0.25) is 12.3 Å². The molecule has 0 fully saturated rings. The molecule has 0 spiro atoms. The molecule has 0 heterocycles. The van der Waals surface area contributed by atoms with Gasteiger partial charge >= 0.3 is 5.97 Å². The van der Waals surface area contributed by atoms with Crippen molar-refractivity contribution >= 4 is 18.3 Å². The third-order valence-corrected chi connectivity index (χ3v) is 1.65. The highest BCUT2D eigenvalue weighted by atomic mass is 16.6. The fourth-order valence-corrected chi connectivity index (χ4v) is 1.14. The summed E-state index contributed by atoms with van der Waals surface area (Å²) in [5, 5.41) is 4.81. The smallest absolute Gasteiger partial charge is 0.308 e. The number of carbonyl (C=O) groups is 3. The molecular weight excluding hydrogens is 224 g/mol. The van der Waals surface area contributed by atoms with Crippen LogP contribution >= 0.6 is 0 Å². The molecule has 0 aromatic heterocycles. The average Bonchev–Trinajstić information content (AvgIpc) is 2.10. The monoisotopic (exact) mass is 244 g/mol. The van der Waals surface area contributed by atoms with E-state index in [0.717, 1.165) is 0 Å². The molecule has 98 valence electrons. The van der Waals surface area contributed by atoms with Crippen molar-refractivity contribution in [2.45, 2.75) is 45.8 Å². The van der Waals surface area contributed by atoms with Crippen molar-refractivity contribution in [1.82, 2.24) is 10.6 Å². The second-order valence-electron chi connectivity index (χ2n) is 4.76. The fourth-order valence-electron chi connectivity index (χ4n) is 1.14. The molecule has 0 aromatic rings. The summed E-state index contributed by atoms with van der Waals surface area (Å²) in [6, 6.07) is -0.328. The van der Waals surface area contributed by atoms with E-state index in [1.54, 1.807) is 27.7 Å². The van der Waals surface area contributed by atoms with Crippen molar-refractivity contribution in [3.05, 3.63) is 0 Å². The number of hydrogen-bond donors (Lipinski definition) is 2. The number of rotatable bonds is 6. The second kappa shape index (κ2) is 6.88. The van der Waals surface area contributed by atoms with Gasteiger partial charge in [-0.3, -0.25) is 14.4 Å². The van der Waals surface area contributed by atoms with Crippen LogP contribution in [0.15, 0.2) is 0 Å². The van der Waals surface area contributed by atoms with Crippen LogP contribution in [-0.2, 0) is 19.1 Å². The lowest BCUT2D eigenvalue weighted by Crippen LogP contribution is -2.40. The average molecular weight is 244 g/mol. The molecule has 6 heteroatoms. The molecule has 0 aliphatic heterocycles. The highest BCUT2D eigenvalue weighted by molar-refractivity contribution is 5.80. The van der Waals surface area contributed by atoms with Gasteiger partial charge < -0.3 is 15.4 Å². The zero-order valence-electron chi connectivity index (χ0n) is 10.7. The first-order valence-electron chi connectivity index (χ1n) is 5.43. The Hall–Kier alpha value is -1.59. The molecule has 1 atom stereocenters. The van der Waals surface area contributed by atoms with Gasteiger partial charge in [-0.15, -0.1) is 0 Å². The third-order valence-electron chi connectivity index (χ3n) is 1.65. The standard InChI is InChI=1S/C11H20N2O4/c1-8(13-9(15)6-12-7-14)5-10(16)17-11(2,3)4/h7-8H,5-6H2,1-4H3,(H,12,14)(H,13,15). The molecule has 0 saturated heterocycles. The summed E-state index contributed by atoms with van der Waals surface area (Å²) in [6.07, 6.45) is 0.544. The maximum atomic E-state index is 11.4. The van der Waals surface area contributed by atoms with Crippen molar-refractivity contribution in [1.29, 1.82) is 0 Å². The van der Waals surface area contributed by atoms with Crippen LogP contribution in [0.25, 0.3) is 0 Å². The van der Waals surface area contributed by atoms with E-state index in [9.17, 15) is 14.4 Å². The summed E-state index contributed by atoms with van der Waals surface area (Å²) >= 11 is 0. The van der Waals surface area contributed by atoms with Crippen LogP contribution in [0, 0.1) is 0 Å². The lowest BCUT2D eigenvalue weighted by Gasteiger charge is -2.21. The highest BCUT2D eigenvalue weighted by Gasteiger charge is 2.19. The van der Waals surface area contributed by atoms with E-state index in [4.69, 9.17) is 4.74 Å². The number of carbonyl (C=O) groups excluding carboxylic acids is 3. The molecule has 0 saturated carbocycles. The van der Waals surface area contributed by atoms with Gasteiger partial charge in [-0.1, -0.05) is 0 Å². The van der Waals surface area contributed by atoms with Crippen molar-refractivity contribution in [3.8, 4) is 0 Å². The maximum Gasteiger partial charge on any atom is 0.308 e. The minimum absolute atomic E-state index is 0.0951. The van der Waals surface area contributed by atoms with Gasteiger partial charge in [-0.2, -0.15) is 0 Å². The molecular formula is C11H20N2O4. The van der Waals surface area contributed by atoms with Crippen LogP contribution in [0.1, 0.15) is 34.1 Å². The quantitative estimate of drug-likeness (QED) is 0.507. The van der Waals surface area contributed by atoms with Crippen molar-refractivity contribution < 1.29 is 19.1 Å². The van der Waals surface area contributed by atoms with Crippen molar-refractivity contribution in [3.63, 3.8) is 0 Å². The summed E-state index contributed by atoms with van der Waals surface area (Å²) in [4.78, 5) is 32.6. The molecule has 0 bridgehead atoms. The van der Waals surface area contributed by atoms with E-state index in [-0.39, 0.29) is 30.9 Å². The first-order valence-corrected chi connectivity index (χ1v) is 5.43. The van der Waals surface area contributed by atoms with Gasteiger partial charge in [0, 0.05) is 6.04 Å². The van der Waals surface area contributed by atoms with Gasteiger partial charge in [0.15, 0.2) is 0 Å². The Morgan fingerprint density at radius 1 is 1.35 bits per heavy atom. The van der Waals surface area contributed by atoms with E-state index < -0.39 is 5.60 Å². The molecule has 2 amide bonds. The van der Waals surface area contributed by atoms with Crippen LogP contribution in [0.3, 0.4) is 0 Å². The minimum atomic E-state index is -0.528. The molecule has 0 aliphatic carbocycles. The van der Waals surface area contributed by atoms with E-state index in [1.807, 2.05) is 0 Å². The number of nitrogens with one attached hydrogen (secondary N) is 2. The first-order chi connectivity index (χ1) is 7.74. The Bertz CT molecular complexity index is 284. The minimum Gasteiger partial charge on any atom is -0.460 e.